The van der Waals surface area contributed by atoms with Gasteiger partial charge in [-0.3, -0.25) is 4.98 Å². The van der Waals surface area contributed by atoms with Gasteiger partial charge in [-0.05, 0) is 31.9 Å². The highest BCUT2D eigenvalue weighted by Gasteiger charge is 2.40. The minimum Gasteiger partial charge on any atom is -0.316 e. The fourth-order valence-corrected chi connectivity index (χ4v) is 4.55. The fraction of sp³-hybridized carbons (Fsp3) is 0.500. The highest BCUT2D eigenvalue weighted by atomic mass is 32.1. The van der Waals surface area contributed by atoms with Gasteiger partial charge in [-0.15, -0.1) is 11.3 Å². The van der Waals surface area contributed by atoms with Crippen molar-refractivity contribution in [3.63, 3.8) is 0 Å². The van der Waals surface area contributed by atoms with E-state index in [1.165, 1.54) is 42.5 Å². The van der Waals surface area contributed by atoms with Crippen molar-refractivity contribution in [1.29, 1.82) is 0 Å². The van der Waals surface area contributed by atoms with E-state index < -0.39 is 0 Å². The second kappa shape index (κ2) is 6.71. The average Bonchev–Trinajstić information content (AvgIpc) is 3.07. The van der Waals surface area contributed by atoms with Crippen molar-refractivity contribution in [1.82, 2.24) is 10.3 Å². The molecule has 112 valence electrons. The molecule has 3 heteroatoms. The van der Waals surface area contributed by atoms with Crippen LogP contribution in [0.3, 0.4) is 0 Å². The van der Waals surface area contributed by atoms with Crippen molar-refractivity contribution in [3.05, 3.63) is 52.5 Å². The van der Waals surface area contributed by atoms with E-state index in [1.54, 1.807) is 11.3 Å². The predicted octanol–water partition coefficient (Wildman–Crippen LogP) is 4.18. The third kappa shape index (κ3) is 3.04. The smallest absolute Gasteiger partial charge is 0.0794 e. The molecule has 1 saturated carbocycles. The van der Waals surface area contributed by atoms with Crippen LogP contribution in [0.25, 0.3) is 0 Å². The predicted molar refractivity (Wildman–Crippen MR) is 89.9 cm³/mol. The van der Waals surface area contributed by atoms with Gasteiger partial charge in [-0.1, -0.05) is 49.6 Å². The van der Waals surface area contributed by atoms with Gasteiger partial charge >= 0.3 is 0 Å². The first-order valence-electron chi connectivity index (χ1n) is 7.95. The number of thiazole rings is 1. The van der Waals surface area contributed by atoms with Gasteiger partial charge in [0.25, 0.3) is 0 Å². The zero-order valence-corrected chi connectivity index (χ0v) is 13.5. The molecular formula is C18H24N2S. The first-order chi connectivity index (χ1) is 10.3. The summed E-state index contributed by atoms with van der Waals surface area (Å²) in [6.45, 7) is 0. The summed E-state index contributed by atoms with van der Waals surface area (Å²) in [7, 11) is 2.12. The van der Waals surface area contributed by atoms with Gasteiger partial charge < -0.3 is 5.32 Å². The average molecular weight is 300 g/mol. The quantitative estimate of drug-likeness (QED) is 0.896. The van der Waals surface area contributed by atoms with Crippen LogP contribution >= 0.6 is 11.3 Å². The van der Waals surface area contributed by atoms with Crippen LogP contribution in [0.4, 0.5) is 0 Å². The summed E-state index contributed by atoms with van der Waals surface area (Å²) in [5.41, 5.74) is 3.73. The molecule has 1 unspecified atom stereocenters. The monoisotopic (exact) mass is 300 g/mol. The van der Waals surface area contributed by atoms with Crippen LogP contribution in [0.2, 0.25) is 0 Å². The Labute approximate surface area is 131 Å². The van der Waals surface area contributed by atoms with Gasteiger partial charge in [0.15, 0.2) is 0 Å². The van der Waals surface area contributed by atoms with Crippen molar-refractivity contribution < 1.29 is 0 Å². The largest absolute Gasteiger partial charge is 0.316 e. The first kappa shape index (κ1) is 14.7. The maximum Gasteiger partial charge on any atom is 0.0794 e. The van der Waals surface area contributed by atoms with Crippen LogP contribution < -0.4 is 5.32 Å². The molecule has 0 aliphatic heterocycles. The lowest BCUT2D eigenvalue weighted by Crippen LogP contribution is -2.49. The van der Waals surface area contributed by atoms with Gasteiger partial charge in [0.1, 0.15) is 0 Å². The zero-order valence-electron chi connectivity index (χ0n) is 12.7. The van der Waals surface area contributed by atoms with Gasteiger partial charge in [-0.25, -0.2) is 0 Å². The van der Waals surface area contributed by atoms with Crippen molar-refractivity contribution >= 4 is 11.3 Å². The van der Waals surface area contributed by atoms with Crippen LogP contribution in [0, 0.1) is 0 Å². The Kier molecular flexibility index (Phi) is 4.71. The summed E-state index contributed by atoms with van der Waals surface area (Å²) in [5.74, 6) is 0. The van der Waals surface area contributed by atoms with Crippen molar-refractivity contribution in [2.75, 3.05) is 7.05 Å². The molecular weight excluding hydrogens is 276 g/mol. The van der Waals surface area contributed by atoms with Gasteiger partial charge in [0, 0.05) is 22.5 Å². The highest BCUT2D eigenvalue weighted by molar-refractivity contribution is 7.09. The molecule has 1 aliphatic rings. The summed E-state index contributed by atoms with van der Waals surface area (Å²) < 4.78 is 0. The van der Waals surface area contributed by atoms with E-state index in [-0.39, 0.29) is 5.41 Å². The molecule has 1 aliphatic carbocycles. The summed E-state index contributed by atoms with van der Waals surface area (Å²) in [4.78, 5) is 5.63. The number of aromatic nitrogens is 1. The van der Waals surface area contributed by atoms with Gasteiger partial charge in [0.2, 0.25) is 0 Å². The maximum atomic E-state index is 4.24. The van der Waals surface area contributed by atoms with Crippen molar-refractivity contribution in [2.24, 2.45) is 0 Å². The Morgan fingerprint density at radius 3 is 2.57 bits per heavy atom. The van der Waals surface area contributed by atoms with Crippen LogP contribution in [0.1, 0.15) is 42.5 Å². The van der Waals surface area contributed by atoms with E-state index in [9.17, 15) is 0 Å². The molecule has 1 aromatic carbocycles. The minimum absolute atomic E-state index is 0.276. The first-order valence-corrected chi connectivity index (χ1v) is 8.83. The van der Waals surface area contributed by atoms with Crippen molar-refractivity contribution in [3.8, 4) is 0 Å². The van der Waals surface area contributed by atoms with E-state index in [1.807, 2.05) is 11.7 Å². The molecule has 2 aromatic rings. The van der Waals surface area contributed by atoms with E-state index in [0.717, 1.165) is 6.42 Å². The maximum absolute atomic E-state index is 4.24. The number of hydrogen-bond donors (Lipinski definition) is 1. The second-order valence-corrected chi connectivity index (χ2v) is 7.07. The Morgan fingerprint density at radius 2 is 1.95 bits per heavy atom. The molecule has 1 fully saturated rings. The molecule has 0 amide bonds. The summed E-state index contributed by atoms with van der Waals surface area (Å²) >= 11 is 1.77. The number of nitrogens with zero attached hydrogens (tertiary/aromatic N) is 1. The molecule has 0 radical (unpaired) electrons. The Bertz CT molecular complexity index is 530. The van der Waals surface area contributed by atoms with E-state index in [0.29, 0.717) is 6.04 Å². The summed E-state index contributed by atoms with van der Waals surface area (Å²) in [6.07, 6.45) is 9.76. The number of hydrogen-bond acceptors (Lipinski definition) is 3. The van der Waals surface area contributed by atoms with E-state index in [2.05, 4.69) is 47.7 Å². The Balaban J connectivity index is 1.93. The second-order valence-electron chi connectivity index (χ2n) is 6.10. The molecule has 21 heavy (non-hydrogen) atoms. The topological polar surface area (TPSA) is 24.9 Å². The third-order valence-corrected chi connectivity index (χ3v) is 5.80. The van der Waals surface area contributed by atoms with E-state index in [4.69, 9.17) is 0 Å². The summed E-state index contributed by atoms with van der Waals surface area (Å²) in [6, 6.07) is 11.6. The fourth-order valence-electron chi connectivity index (χ4n) is 3.91. The SMILES string of the molecule is CNC(Cc1cncs1)C1(c2ccccc2)CCCCC1. The van der Waals surface area contributed by atoms with Crippen LogP contribution in [-0.2, 0) is 11.8 Å². The minimum atomic E-state index is 0.276. The molecule has 0 spiro atoms. The molecule has 0 saturated heterocycles. The van der Waals surface area contributed by atoms with Crippen molar-refractivity contribution in [2.45, 2.75) is 50.0 Å². The molecule has 1 heterocycles. The molecule has 0 bridgehead atoms. The highest BCUT2D eigenvalue weighted by Crippen LogP contribution is 2.43. The zero-order chi connectivity index (χ0) is 14.5. The normalized spacial score (nSPS) is 19.3. The number of rotatable bonds is 5. The molecule has 1 aromatic heterocycles. The number of benzene rings is 1. The number of nitrogens with one attached hydrogen (secondary N) is 1. The van der Waals surface area contributed by atoms with Crippen LogP contribution in [-0.4, -0.2) is 18.1 Å². The van der Waals surface area contributed by atoms with E-state index >= 15 is 0 Å². The third-order valence-electron chi connectivity index (χ3n) is 5.00. The Morgan fingerprint density at radius 1 is 1.19 bits per heavy atom. The molecule has 2 nitrogen and oxygen atoms in total. The lowest BCUT2D eigenvalue weighted by Gasteiger charge is -2.44. The lowest BCUT2D eigenvalue weighted by molar-refractivity contribution is 0.218. The Hall–Kier alpha value is -1.19. The van der Waals surface area contributed by atoms with Gasteiger partial charge in [0.05, 0.1) is 5.51 Å². The molecule has 1 atom stereocenters. The summed E-state index contributed by atoms with van der Waals surface area (Å²) in [5, 5.41) is 3.63. The van der Waals surface area contributed by atoms with Crippen LogP contribution in [0.15, 0.2) is 42.0 Å². The van der Waals surface area contributed by atoms with Gasteiger partial charge in [-0.2, -0.15) is 0 Å². The van der Waals surface area contributed by atoms with Crippen LogP contribution in [0.5, 0.6) is 0 Å². The standard InChI is InChI=1S/C18H24N2S/c1-19-17(12-16-13-20-14-21-16)18(10-6-3-7-11-18)15-8-4-2-5-9-15/h2,4-5,8-9,13-14,17,19H,3,6-7,10-12H2,1H3. The number of likely N-dealkylation sites (N-methyl/N-ethyl adjacent to an activating group) is 1. The lowest BCUT2D eigenvalue weighted by atomic mass is 9.64. The molecule has 1 N–H and O–H groups in total. The molecule has 3 rings (SSSR count).